The van der Waals surface area contributed by atoms with Crippen molar-refractivity contribution in [2.24, 2.45) is 0 Å². The molecule has 0 saturated carbocycles. The second kappa shape index (κ2) is 7.02. The minimum atomic E-state index is -0.443. The van der Waals surface area contributed by atoms with Gasteiger partial charge in [0.15, 0.2) is 0 Å². The number of carbonyl (C=O) groups excluding carboxylic acids is 1. The summed E-state index contributed by atoms with van der Waals surface area (Å²) in [6, 6.07) is 8.31. The van der Waals surface area contributed by atoms with Crippen LogP contribution in [-0.4, -0.2) is 67.4 Å². The number of ether oxygens (including phenoxy) is 2. The van der Waals surface area contributed by atoms with Crippen molar-refractivity contribution >= 4 is 16.8 Å². The van der Waals surface area contributed by atoms with Crippen LogP contribution in [0.1, 0.15) is 35.8 Å². The first-order valence-electron chi connectivity index (χ1n) is 9.41. The maximum Gasteiger partial charge on any atom is 0.270 e. The summed E-state index contributed by atoms with van der Waals surface area (Å²) in [6.07, 6.45) is 0. The van der Waals surface area contributed by atoms with Crippen LogP contribution >= 0.6 is 0 Å². The lowest BCUT2D eigenvalue weighted by atomic mass is 10.0. The molecule has 26 heavy (non-hydrogen) atoms. The smallest absolute Gasteiger partial charge is 0.270 e. The van der Waals surface area contributed by atoms with Crippen LogP contribution in [0.5, 0.6) is 0 Å². The summed E-state index contributed by atoms with van der Waals surface area (Å²) in [6.45, 7) is 8.76. The largest absolute Gasteiger partial charge is 0.377 e. The van der Waals surface area contributed by atoms with Crippen molar-refractivity contribution in [1.29, 1.82) is 0 Å². The molecule has 1 aromatic carbocycles. The number of morpholine rings is 1. The molecule has 1 aromatic heterocycles. The molecule has 4 rings (SSSR count). The Morgan fingerprint density at radius 3 is 3.00 bits per heavy atom. The fourth-order valence-corrected chi connectivity index (χ4v) is 3.77. The van der Waals surface area contributed by atoms with Crippen LogP contribution in [0.15, 0.2) is 24.3 Å². The summed E-state index contributed by atoms with van der Waals surface area (Å²) >= 11 is 0. The van der Waals surface area contributed by atoms with E-state index in [1.807, 2.05) is 11.0 Å². The molecule has 0 radical (unpaired) electrons. The van der Waals surface area contributed by atoms with Crippen molar-refractivity contribution in [3.63, 3.8) is 0 Å². The summed E-state index contributed by atoms with van der Waals surface area (Å²) in [5.74, 6) is 0.489. The monoisotopic (exact) mass is 357 g/mol. The number of hydrogen-bond donors (Lipinski definition) is 2. The van der Waals surface area contributed by atoms with Crippen LogP contribution in [0, 0.1) is 0 Å². The highest BCUT2D eigenvalue weighted by molar-refractivity contribution is 5.98. The standard InChI is InChI=1S/C20H27N3O3/c1-14(2)15-3-4-16-10-18(22-17(16)9-15)19(24)23-6-8-26-20(12-23)11-21-5-7-25-13-20/h3-4,9-10,14,21-22H,5-8,11-13H2,1-2H3/t20-/m1/s1. The molecule has 0 unspecified atom stereocenters. The van der Waals surface area contributed by atoms with E-state index in [1.165, 1.54) is 5.56 Å². The van der Waals surface area contributed by atoms with E-state index in [0.717, 1.165) is 17.4 Å². The van der Waals surface area contributed by atoms with Gasteiger partial charge in [-0.3, -0.25) is 4.79 Å². The van der Waals surface area contributed by atoms with Crippen LogP contribution in [0.3, 0.4) is 0 Å². The van der Waals surface area contributed by atoms with Gasteiger partial charge in [0.1, 0.15) is 11.3 Å². The first-order valence-corrected chi connectivity index (χ1v) is 9.41. The van der Waals surface area contributed by atoms with Crippen molar-refractivity contribution in [3.8, 4) is 0 Å². The van der Waals surface area contributed by atoms with Gasteiger partial charge in [-0.25, -0.2) is 0 Å². The number of amides is 1. The first-order chi connectivity index (χ1) is 12.6. The average molecular weight is 357 g/mol. The maximum atomic E-state index is 13.1. The van der Waals surface area contributed by atoms with Crippen LogP contribution in [0.2, 0.25) is 0 Å². The molecule has 1 amide bonds. The Labute approximate surface area is 153 Å². The number of H-pyrrole nitrogens is 1. The highest BCUT2D eigenvalue weighted by Gasteiger charge is 2.39. The Bertz CT molecular complexity index is 791. The van der Waals surface area contributed by atoms with Crippen molar-refractivity contribution in [2.45, 2.75) is 25.4 Å². The third-order valence-electron chi connectivity index (χ3n) is 5.31. The van der Waals surface area contributed by atoms with Crippen LogP contribution in [-0.2, 0) is 9.47 Å². The lowest BCUT2D eigenvalue weighted by molar-refractivity contribution is -0.125. The topological polar surface area (TPSA) is 66.6 Å². The quantitative estimate of drug-likeness (QED) is 0.864. The van der Waals surface area contributed by atoms with Gasteiger partial charge in [-0.1, -0.05) is 26.0 Å². The molecule has 2 aliphatic rings. The van der Waals surface area contributed by atoms with E-state index in [4.69, 9.17) is 9.47 Å². The van der Waals surface area contributed by atoms with E-state index in [9.17, 15) is 4.79 Å². The number of rotatable bonds is 2. The normalized spacial score (nSPS) is 24.3. The van der Waals surface area contributed by atoms with E-state index in [2.05, 4.69) is 42.3 Å². The van der Waals surface area contributed by atoms with E-state index in [1.54, 1.807) is 0 Å². The number of nitrogens with one attached hydrogen (secondary N) is 2. The summed E-state index contributed by atoms with van der Waals surface area (Å²) in [4.78, 5) is 18.3. The fraction of sp³-hybridized carbons (Fsp3) is 0.550. The van der Waals surface area contributed by atoms with Crippen molar-refractivity contribution < 1.29 is 14.3 Å². The van der Waals surface area contributed by atoms with Gasteiger partial charge in [0, 0.05) is 30.5 Å². The van der Waals surface area contributed by atoms with Gasteiger partial charge in [-0.2, -0.15) is 0 Å². The molecule has 140 valence electrons. The zero-order valence-electron chi connectivity index (χ0n) is 15.5. The zero-order chi connectivity index (χ0) is 18.1. The number of aromatic nitrogens is 1. The molecule has 2 saturated heterocycles. The Morgan fingerprint density at radius 1 is 1.27 bits per heavy atom. The Hall–Kier alpha value is -1.89. The molecule has 2 fully saturated rings. The van der Waals surface area contributed by atoms with Crippen molar-refractivity contribution in [3.05, 3.63) is 35.5 Å². The van der Waals surface area contributed by atoms with Crippen molar-refractivity contribution in [2.75, 3.05) is 46.0 Å². The van der Waals surface area contributed by atoms with Gasteiger partial charge in [0.05, 0.1) is 26.4 Å². The number of hydrogen-bond acceptors (Lipinski definition) is 4. The molecule has 1 spiro atoms. The first kappa shape index (κ1) is 17.5. The van der Waals surface area contributed by atoms with Gasteiger partial charge >= 0.3 is 0 Å². The molecule has 0 aliphatic carbocycles. The average Bonchev–Trinajstić information content (AvgIpc) is 2.95. The number of fused-ring (bicyclic) bond motifs is 1. The molecule has 2 aliphatic heterocycles. The number of carbonyl (C=O) groups is 1. The SMILES string of the molecule is CC(C)c1ccc2cc(C(=O)N3CCO[C@]4(CNCCOC4)C3)[nH]c2c1. The lowest BCUT2D eigenvalue weighted by Crippen LogP contribution is -2.59. The van der Waals surface area contributed by atoms with Gasteiger partial charge in [-0.15, -0.1) is 0 Å². The number of aromatic amines is 1. The van der Waals surface area contributed by atoms with E-state index >= 15 is 0 Å². The lowest BCUT2D eigenvalue weighted by Gasteiger charge is -2.41. The van der Waals surface area contributed by atoms with Gasteiger partial charge in [0.25, 0.3) is 5.91 Å². The van der Waals surface area contributed by atoms with E-state index < -0.39 is 5.60 Å². The summed E-state index contributed by atoms with van der Waals surface area (Å²) < 4.78 is 11.7. The van der Waals surface area contributed by atoms with E-state index in [0.29, 0.717) is 51.1 Å². The third kappa shape index (κ3) is 3.37. The predicted octanol–water partition coefficient (Wildman–Crippen LogP) is 2.12. The van der Waals surface area contributed by atoms with Gasteiger partial charge in [0.2, 0.25) is 0 Å². The fourth-order valence-electron chi connectivity index (χ4n) is 3.77. The molecule has 2 N–H and O–H groups in total. The summed E-state index contributed by atoms with van der Waals surface area (Å²) in [5, 5.41) is 4.42. The molecule has 0 bridgehead atoms. The second-order valence-corrected chi connectivity index (χ2v) is 7.67. The van der Waals surface area contributed by atoms with Gasteiger partial charge < -0.3 is 24.7 Å². The number of benzene rings is 1. The Balaban J connectivity index is 1.55. The summed E-state index contributed by atoms with van der Waals surface area (Å²) in [7, 11) is 0. The molecule has 6 nitrogen and oxygen atoms in total. The molecule has 3 heterocycles. The minimum absolute atomic E-state index is 0.0271. The molecule has 1 atom stereocenters. The highest BCUT2D eigenvalue weighted by atomic mass is 16.5. The zero-order valence-corrected chi connectivity index (χ0v) is 15.5. The maximum absolute atomic E-state index is 13.1. The Kier molecular flexibility index (Phi) is 4.73. The second-order valence-electron chi connectivity index (χ2n) is 7.67. The van der Waals surface area contributed by atoms with Crippen LogP contribution < -0.4 is 5.32 Å². The highest BCUT2D eigenvalue weighted by Crippen LogP contribution is 2.25. The molecule has 6 heteroatoms. The third-order valence-corrected chi connectivity index (χ3v) is 5.31. The van der Waals surface area contributed by atoms with Crippen LogP contribution in [0.25, 0.3) is 10.9 Å². The summed E-state index contributed by atoms with van der Waals surface area (Å²) in [5.41, 5.74) is 2.48. The molecular weight excluding hydrogens is 330 g/mol. The minimum Gasteiger partial charge on any atom is -0.377 e. The number of nitrogens with zero attached hydrogens (tertiary/aromatic N) is 1. The van der Waals surface area contributed by atoms with E-state index in [-0.39, 0.29) is 5.91 Å². The van der Waals surface area contributed by atoms with Crippen molar-refractivity contribution in [1.82, 2.24) is 15.2 Å². The molecule has 2 aromatic rings. The predicted molar refractivity (Wildman–Crippen MR) is 101 cm³/mol. The molecular formula is C20H27N3O3. The van der Waals surface area contributed by atoms with Gasteiger partial charge in [-0.05, 0) is 23.6 Å². The van der Waals surface area contributed by atoms with Crippen LogP contribution in [0.4, 0.5) is 0 Å². The Morgan fingerprint density at radius 2 is 2.15 bits per heavy atom.